The zero-order valence-electron chi connectivity index (χ0n) is 44.8. The monoisotopic (exact) mass is 1240 g/mol. The van der Waals surface area contributed by atoms with Crippen molar-refractivity contribution in [2.75, 3.05) is 52.9 Å². The molecule has 0 unspecified atom stereocenters. The molecule has 2 amide bonds. The quantitative estimate of drug-likeness (QED) is 0.0404. The first-order valence-electron chi connectivity index (χ1n) is 26.5. The molecule has 0 aromatic carbocycles. The Balaban J connectivity index is 1.13. The van der Waals surface area contributed by atoms with Gasteiger partial charge in [0.1, 0.15) is 165 Å². The number of aliphatic hydroxyl groups is 22. The summed E-state index contributed by atoms with van der Waals surface area (Å²) in [6, 6.07) is -3.31. The lowest BCUT2D eigenvalue weighted by atomic mass is 9.94. The highest BCUT2D eigenvalue weighted by Crippen LogP contribution is 2.36. The van der Waals surface area contributed by atoms with E-state index in [1.807, 2.05) is 0 Å². The minimum atomic E-state index is -2.27. The van der Waals surface area contributed by atoms with Crippen molar-refractivity contribution in [3.05, 3.63) is 0 Å². The SMILES string of the molecule is CC(=O)N[C@H]1[C@H](O[C@@H]([C@H](O)[C@H](CO)NC(C)=O)[C@H](O)CO)O[C@H](CO)[C@@H](O[C@@H]2O[C@H](CO)[C@@H](O)[C@H](O[C@H]3O[C@H](CO[C@H]4O[C@H](CO)[C@@H](O)[C@H](O[C@H]5O[C@H](CO[C@H]6O[C@H](CO)[C@@H](O)[C@H](O)[C@@H]6O)[C@@H](O)[C@H](O)[C@@H]5O)[C@@H]4O)[C@@H](O)[C@H](O)[C@@H]3O)[C@@H]2O)[C@@H]1O. The van der Waals surface area contributed by atoms with Gasteiger partial charge in [-0.05, 0) is 0 Å². The van der Waals surface area contributed by atoms with Gasteiger partial charge in [0.15, 0.2) is 37.7 Å². The molecule has 38 heteroatoms. The first-order valence-corrected chi connectivity index (χ1v) is 26.5. The Morgan fingerprint density at radius 1 is 0.405 bits per heavy atom. The van der Waals surface area contributed by atoms with E-state index in [4.69, 9.17) is 56.8 Å². The number of aliphatic hydroxyl groups excluding tert-OH is 22. The molecule has 24 N–H and O–H groups in total. The van der Waals surface area contributed by atoms with Gasteiger partial charge in [0.25, 0.3) is 0 Å². The Kier molecular flexibility index (Phi) is 26.4. The van der Waals surface area contributed by atoms with Crippen molar-refractivity contribution in [2.24, 2.45) is 0 Å². The van der Waals surface area contributed by atoms with E-state index in [1.54, 1.807) is 0 Å². The van der Waals surface area contributed by atoms with Crippen LogP contribution in [0, 0.1) is 0 Å². The van der Waals surface area contributed by atoms with Crippen LogP contribution in [0.5, 0.6) is 0 Å². The molecule has 0 aromatic rings. The number of rotatable bonds is 25. The first-order chi connectivity index (χ1) is 39.7. The third-order valence-electron chi connectivity index (χ3n) is 15.0. The van der Waals surface area contributed by atoms with E-state index in [9.17, 15) is 122 Å². The summed E-state index contributed by atoms with van der Waals surface area (Å²) in [5.41, 5.74) is 0. The molecule has 0 saturated carbocycles. The van der Waals surface area contributed by atoms with Crippen molar-refractivity contribution >= 4 is 11.8 Å². The summed E-state index contributed by atoms with van der Waals surface area (Å²) in [7, 11) is 0. The molecule has 0 spiro atoms. The average molecular weight is 1240 g/mol. The van der Waals surface area contributed by atoms with E-state index in [0.717, 1.165) is 13.8 Å². The highest BCUT2D eigenvalue weighted by molar-refractivity contribution is 5.73. The van der Waals surface area contributed by atoms with Gasteiger partial charge < -0.3 is 180 Å². The fourth-order valence-electron chi connectivity index (χ4n) is 10.2. The van der Waals surface area contributed by atoms with Crippen LogP contribution in [0.4, 0.5) is 0 Å². The molecule has 0 bridgehead atoms. The number of ether oxygens (including phenoxy) is 12. The van der Waals surface area contributed by atoms with Crippen LogP contribution in [0.15, 0.2) is 0 Å². The highest BCUT2D eigenvalue weighted by Gasteiger charge is 2.57. The number of carbonyl (C=O) groups is 2. The molecule has 6 aliphatic heterocycles. The molecule has 0 aliphatic carbocycles. The van der Waals surface area contributed by atoms with Crippen molar-refractivity contribution in [3.63, 3.8) is 0 Å². The molecule has 6 heterocycles. The van der Waals surface area contributed by atoms with Crippen LogP contribution in [0.25, 0.3) is 0 Å². The molecule has 6 fully saturated rings. The third-order valence-corrected chi connectivity index (χ3v) is 15.0. The maximum absolute atomic E-state index is 12.5. The van der Waals surface area contributed by atoms with Crippen molar-refractivity contribution in [1.82, 2.24) is 10.6 Å². The van der Waals surface area contributed by atoms with E-state index >= 15 is 0 Å². The van der Waals surface area contributed by atoms with Gasteiger partial charge in [0.2, 0.25) is 11.8 Å². The van der Waals surface area contributed by atoms with Crippen LogP contribution >= 0.6 is 0 Å². The maximum Gasteiger partial charge on any atom is 0.217 e. The van der Waals surface area contributed by atoms with Crippen molar-refractivity contribution in [2.45, 2.75) is 222 Å². The molecular formula is C46H80N2O36. The van der Waals surface area contributed by atoms with Gasteiger partial charge >= 0.3 is 0 Å². The lowest BCUT2D eigenvalue weighted by Crippen LogP contribution is -2.69. The molecule has 6 aliphatic rings. The highest BCUT2D eigenvalue weighted by atomic mass is 16.8. The van der Waals surface area contributed by atoms with Crippen LogP contribution in [0.2, 0.25) is 0 Å². The van der Waals surface area contributed by atoms with E-state index in [-0.39, 0.29) is 0 Å². The smallest absolute Gasteiger partial charge is 0.217 e. The van der Waals surface area contributed by atoms with Crippen LogP contribution in [-0.2, 0) is 66.4 Å². The first kappa shape index (κ1) is 70.7. The summed E-state index contributed by atoms with van der Waals surface area (Å²) < 4.78 is 67.6. The van der Waals surface area contributed by atoms with Gasteiger partial charge in [0.05, 0.1) is 58.9 Å². The summed E-state index contributed by atoms with van der Waals surface area (Å²) in [5, 5.41) is 239. The lowest BCUT2D eigenvalue weighted by molar-refractivity contribution is -0.383. The van der Waals surface area contributed by atoms with E-state index in [0.29, 0.717) is 0 Å². The van der Waals surface area contributed by atoms with Crippen LogP contribution in [0.3, 0.4) is 0 Å². The summed E-state index contributed by atoms with van der Waals surface area (Å²) in [6.45, 7) is -5.70. The summed E-state index contributed by atoms with van der Waals surface area (Å²) in [6.07, 6.45) is -62.9. The van der Waals surface area contributed by atoms with Gasteiger partial charge in [-0.1, -0.05) is 0 Å². The predicted molar refractivity (Wildman–Crippen MR) is 257 cm³/mol. The summed E-state index contributed by atoms with van der Waals surface area (Å²) in [4.78, 5) is 24.2. The molecular weight excluding hydrogens is 1160 g/mol. The van der Waals surface area contributed by atoms with Crippen LogP contribution in [0.1, 0.15) is 13.8 Å². The fraction of sp³-hybridized carbons (Fsp3) is 0.957. The third kappa shape index (κ3) is 15.9. The summed E-state index contributed by atoms with van der Waals surface area (Å²) in [5.74, 6) is -1.60. The molecule has 0 aromatic heterocycles. The molecule has 34 atom stereocenters. The standard InChI is InChI=1S/C46H80N2O36/c1-11(55)47-13(3-49)22(58)37(14(57)4-50)81-41-21(48-12(2)56)28(64)38(18(8-54)78-41)82-46-36(72)40(27(63)17(7-53)77-46)84-45-34(70)31(67)25(61)20(80-45)10-74-43-35(71)39(26(62)16(6-52)76-43)83-44-33(69)30(66)24(60)19(79-44)9-73-42-32(68)29(65)23(59)15(5-51)75-42/h13-46,49-54,57-72H,3-10H2,1-2H3,(H,47,55)(H,48,56)/t13-,14+,15+,16+,17+,18+,19+,20+,21+,22+,23+,24+,25+,26+,27+,28+,29-,30-,31-,32-,33-,34-,35-,36-,37+,38+,39-,40-,41-,42-,43-,44+,45+,46-/m0/s1. The second kappa shape index (κ2) is 31.4. The number of hydrogen-bond acceptors (Lipinski definition) is 36. The van der Waals surface area contributed by atoms with Gasteiger partial charge in [-0.25, -0.2) is 0 Å². The normalized spacial score (nSPS) is 46.4. The number of carbonyl (C=O) groups excluding carboxylic acids is 2. The second-order valence-corrected chi connectivity index (χ2v) is 20.9. The Morgan fingerprint density at radius 3 is 1.20 bits per heavy atom. The zero-order chi connectivity index (χ0) is 62.3. The van der Waals surface area contributed by atoms with Gasteiger partial charge in [-0.2, -0.15) is 0 Å². The average Bonchev–Trinajstić information content (AvgIpc) is 1.83. The predicted octanol–water partition coefficient (Wildman–Crippen LogP) is -16.4. The second-order valence-electron chi connectivity index (χ2n) is 20.9. The number of hydrogen-bond donors (Lipinski definition) is 24. The van der Waals surface area contributed by atoms with Crippen molar-refractivity contribution < 1.29 is 179 Å². The van der Waals surface area contributed by atoms with E-state index < -0.39 is 273 Å². The fourth-order valence-corrected chi connectivity index (χ4v) is 10.2. The Labute approximate surface area is 475 Å². The topological polar surface area (TPSA) is 614 Å². The number of nitrogens with one attached hydrogen (secondary N) is 2. The molecule has 6 rings (SSSR count). The maximum atomic E-state index is 12.5. The van der Waals surface area contributed by atoms with Crippen molar-refractivity contribution in [3.8, 4) is 0 Å². The minimum Gasteiger partial charge on any atom is -0.394 e. The summed E-state index contributed by atoms with van der Waals surface area (Å²) >= 11 is 0. The van der Waals surface area contributed by atoms with Crippen LogP contribution < -0.4 is 10.6 Å². The van der Waals surface area contributed by atoms with E-state index in [1.165, 1.54) is 0 Å². The van der Waals surface area contributed by atoms with Gasteiger partial charge in [-0.15, -0.1) is 0 Å². The van der Waals surface area contributed by atoms with Gasteiger partial charge in [0, 0.05) is 13.8 Å². The largest absolute Gasteiger partial charge is 0.394 e. The number of amides is 2. The lowest BCUT2D eigenvalue weighted by Gasteiger charge is -2.49. The molecule has 0 radical (unpaired) electrons. The zero-order valence-corrected chi connectivity index (χ0v) is 44.8. The molecule has 38 nitrogen and oxygen atoms in total. The molecule has 84 heavy (non-hydrogen) atoms. The Hall–Kier alpha value is -2.42. The van der Waals surface area contributed by atoms with Gasteiger partial charge in [-0.3, -0.25) is 9.59 Å². The Morgan fingerprint density at radius 2 is 0.774 bits per heavy atom. The van der Waals surface area contributed by atoms with Crippen LogP contribution in [-0.4, -0.2) is 386 Å². The minimum absolute atomic E-state index is 0.739. The molecule has 6 saturated heterocycles. The van der Waals surface area contributed by atoms with Crippen molar-refractivity contribution in [1.29, 1.82) is 0 Å². The molecule has 490 valence electrons. The van der Waals surface area contributed by atoms with E-state index in [2.05, 4.69) is 10.6 Å². The Bertz CT molecular complexity index is 2010.